The Bertz CT molecular complexity index is 1370. The molecular weight excluding hydrogens is 478 g/mol. The smallest absolute Gasteiger partial charge is 0.416 e. The highest BCUT2D eigenvalue weighted by atomic mass is 19.4. The first-order valence-corrected chi connectivity index (χ1v) is 11.6. The molecule has 0 saturated carbocycles. The molecule has 0 radical (unpaired) electrons. The Kier molecular flexibility index (Phi) is 6.33. The van der Waals surface area contributed by atoms with Gasteiger partial charge >= 0.3 is 6.18 Å². The van der Waals surface area contributed by atoms with Crippen molar-refractivity contribution < 1.29 is 26.7 Å². The van der Waals surface area contributed by atoms with Crippen LogP contribution in [0.5, 0.6) is 5.75 Å². The number of pyridine rings is 1. The van der Waals surface area contributed by atoms with Gasteiger partial charge in [-0.05, 0) is 45.0 Å². The molecule has 36 heavy (non-hydrogen) atoms. The summed E-state index contributed by atoms with van der Waals surface area (Å²) in [5.41, 5.74) is 6.41. The van der Waals surface area contributed by atoms with Crippen LogP contribution in [-0.4, -0.2) is 34.0 Å². The van der Waals surface area contributed by atoms with Gasteiger partial charge in [0.1, 0.15) is 18.2 Å². The molecule has 4 heterocycles. The molecule has 0 bridgehead atoms. The van der Waals surface area contributed by atoms with Crippen LogP contribution in [0.4, 0.5) is 23.4 Å². The predicted octanol–water partition coefficient (Wildman–Crippen LogP) is 5.37. The number of nitrogen functional groups attached to an aromatic ring is 1. The fourth-order valence-corrected chi connectivity index (χ4v) is 4.63. The number of anilines is 1. The van der Waals surface area contributed by atoms with Gasteiger partial charge in [0.2, 0.25) is 5.75 Å². The second kappa shape index (κ2) is 9.45. The zero-order chi connectivity index (χ0) is 25.4. The van der Waals surface area contributed by atoms with Crippen molar-refractivity contribution in [3.8, 4) is 16.9 Å². The van der Waals surface area contributed by atoms with Crippen LogP contribution < -0.4 is 15.8 Å². The normalized spacial score (nSPS) is 15.9. The lowest BCUT2D eigenvalue weighted by molar-refractivity contribution is -0.138. The molecule has 1 aromatic carbocycles. The number of furan rings is 1. The third-order valence-electron chi connectivity index (χ3n) is 6.43. The van der Waals surface area contributed by atoms with Gasteiger partial charge in [0.25, 0.3) is 0 Å². The van der Waals surface area contributed by atoms with Gasteiger partial charge in [0.05, 0.1) is 23.2 Å². The molecule has 1 fully saturated rings. The maximum absolute atomic E-state index is 14.3. The van der Waals surface area contributed by atoms with Crippen molar-refractivity contribution in [3.05, 3.63) is 60.0 Å². The minimum absolute atomic E-state index is 0.0187. The van der Waals surface area contributed by atoms with E-state index in [9.17, 15) is 17.6 Å². The fourth-order valence-electron chi connectivity index (χ4n) is 4.63. The fraction of sp³-hybridized carbons (Fsp3) is 0.360. The number of alkyl halides is 3. The number of piperidine rings is 1. The monoisotopic (exact) mass is 503 g/mol. The Labute approximate surface area is 204 Å². The van der Waals surface area contributed by atoms with E-state index in [1.807, 2.05) is 10.9 Å². The lowest BCUT2D eigenvalue weighted by Crippen LogP contribution is -2.29. The minimum atomic E-state index is -4.69. The van der Waals surface area contributed by atoms with Crippen molar-refractivity contribution in [2.75, 3.05) is 18.8 Å². The third kappa shape index (κ3) is 4.62. The molecule has 4 aromatic rings. The standard InChI is InChI=1S/C25H25F4N5O2/c1-14(9-17-20(25(27,28)29)3-2-4-21(17)26)36-23-22-18(11-32-24(23)30)19(13-35-22)15-10-33-34(12-15)16-5-7-31-8-6-16/h2-4,10-14,16,31H,5-9H2,1H3,(H2,30,32). The second-order valence-corrected chi connectivity index (χ2v) is 8.95. The van der Waals surface area contributed by atoms with E-state index in [1.54, 1.807) is 18.7 Å². The lowest BCUT2D eigenvalue weighted by atomic mass is 10.0. The van der Waals surface area contributed by atoms with Gasteiger partial charge < -0.3 is 20.2 Å². The number of nitrogens with one attached hydrogen (secondary N) is 1. The van der Waals surface area contributed by atoms with Crippen molar-refractivity contribution in [1.82, 2.24) is 20.1 Å². The number of nitrogens with two attached hydrogens (primary N) is 1. The number of fused-ring (bicyclic) bond motifs is 1. The first-order valence-electron chi connectivity index (χ1n) is 11.6. The Balaban J connectivity index is 1.42. The molecule has 3 N–H and O–H groups in total. The number of ether oxygens (including phenoxy) is 1. The highest BCUT2D eigenvalue weighted by Gasteiger charge is 2.35. The molecule has 11 heteroatoms. The summed E-state index contributed by atoms with van der Waals surface area (Å²) in [4.78, 5) is 4.20. The summed E-state index contributed by atoms with van der Waals surface area (Å²) in [6.07, 6.45) is 2.92. The van der Waals surface area contributed by atoms with Crippen LogP contribution in [0.3, 0.4) is 0 Å². The molecule has 0 aliphatic carbocycles. The topological polar surface area (TPSA) is 91.1 Å². The number of halogens is 4. The van der Waals surface area contributed by atoms with E-state index >= 15 is 0 Å². The first kappa shape index (κ1) is 24.1. The Hall–Kier alpha value is -3.60. The number of rotatable bonds is 6. The zero-order valence-electron chi connectivity index (χ0n) is 19.5. The number of hydrogen-bond acceptors (Lipinski definition) is 6. The SMILES string of the molecule is CC(Cc1c(F)cccc1C(F)(F)F)Oc1c(N)ncc2c(-c3cnn(C4CCNCC4)c3)coc12. The predicted molar refractivity (Wildman–Crippen MR) is 126 cm³/mol. The van der Waals surface area contributed by atoms with Gasteiger partial charge in [-0.25, -0.2) is 9.37 Å². The Morgan fingerprint density at radius 1 is 1.25 bits per heavy atom. The van der Waals surface area contributed by atoms with E-state index in [-0.39, 0.29) is 18.0 Å². The van der Waals surface area contributed by atoms with Crippen molar-refractivity contribution >= 4 is 16.8 Å². The van der Waals surface area contributed by atoms with Gasteiger partial charge in [0, 0.05) is 35.5 Å². The molecule has 7 nitrogen and oxygen atoms in total. The molecule has 3 aromatic heterocycles. The summed E-state index contributed by atoms with van der Waals surface area (Å²) in [6, 6.07) is 3.20. The zero-order valence-corrected chi connectivity index (χ0v) is 19.5. The van der Waals surface area contributed by atoms with Gasteiger partial charge in [0.15, 0.2) is 11.4 Å². The van der Waals surface area contributed by atoms with Crippen LogP contribution in [0.2, 0.25) is 0 Å². The number of benzene rings is 1. The Morgan fingerprint density at radius 3 is 2.78 bits per heavy atom. The summed E-state index contributed by atoms with van der Waals surface area (Å²) < 4.78 is 68.1. The largest absolute Gasteiger partial charge is 0.483 e. The van der Waals surface area contributed by atoms with Crippen molar-refractivity contribution in [2.45, 2.75) is 44.5 Å². The quantitative estimate of drug-likeness (QED) is 0.344. The number of aromatic nitrogens is 3. The minimum Gasteiger partial charge on any atom is -0.483 e. The van der Waals surface area contributed by atoms with E-state index in [0.717, 1.165) is 55.3 Å². The highest BCUT2D eigenvalue weighted by molar-refractivity contribution is 5.97. The summed E-state index contributed by atoms with van der Waals surface area (Å²) in [5, 5.41) is 8.47. The van der Waals surface area contributed by atoms with Gasteiger partial charge in [-0.3, -0.25) is 4.68 Å². The molecular formula is C25H25F4N5O2. The van der Waals surface area contributed by atoms with Crippen LogP contribution >= 0.6 is 0 Å². The van der Waals surface area contributed by atoms with E-state index in [1.165, 1.54) is 6.92 Å². The molecule has 0 spiro atoms. The average molecular weight is 504 g/mol. The summed E-state index contributed by atoms with van der Waals surface area (Å²) in [5.74, 6) is -0.831. The van der Waals surface area contributed by atoms with Gasteiger partial charge in [-0.15, -0.1) is 0 Å². The lowest BCUT2D eigenvalue weighted by Gasteiger charge is -2.22. The summed E-state index contributed by atoms with van der Waals surface area (Å²) >= 11 is 0. The molecule has 1 aliphatic heterocycles. The highest BCUT2D eigenvalue weighted by Crippen LogP contribution is 2.39. The van der Waals surface area contributed by atoms with Crippen molar-refractivity contribution in [1.29, 1.82) is 0 Å². The van der Waals surface area contributed by atoms with E-state index in [4.69, 9.17) is 14.9 Å². The molecule has 190 valence electrons. The second-order valence-electron chi connectivity index (χ2n) is 8.95. The molecule has 1 saturated heterocycles. The van der Waals surface area contributed by atoms with Crippen LogP contribution in [0, 0.1) is 5.82 Å². The van der Waals surface area contributed by atoms with Crippen LogP contribution in [0.15, 0.2) is 47.5 Å². The average Bonchev–Trinajstić information content (AvgIpc) is 3.49. The molecule has 1 atom stereocenters. The summed E-state index contributed by atoms with van der Waals surface area (Å²) in [6.45, 7) is 3.42. The van der Waals surface area contributed by atoms with Crippen LogP contribution in [0.25, 0.3) is 22.1 Å². The number of nitrogens with zero attached hydrogens (tertiary/aromatic N) is 3. The maximum Gasteiger partial charge on any atom is 0.416 e. The van der Waals surface area contributed by atoms with Gasteiger partial charge in [-0.1, -0.05) is 6.07 Å². The van der Waals surface area contributed by atoms with Crippen LogP contribution in [0.1, 0.15) is 36.9 Å². The third-order valence-corrected chi connectivity index (χ3v) is 6.43. The Morgan fingerprint density at radius 2 is 2.03 bits per heavy atom. The molecule has 1 aliphatic rings. The summed E-state index contributed by atoms with van der Waals surface area (Å²) in [7, 11) is 0. The molecule has 5 rings (SSSR count). The molecule has 0 amide bonds. The maximum atomic E-state index is 14.3. The first-order chi connectivity index (χ1) is 17.2. The van der Waals surface area contributed by atoms with Gasteiger partial charge in [-0.2, -0.15) is 18.3 Å². The van der Waals surface area contributed by atoms with E-state index < -0.39 is 29.2 Å². The van der Waals surface area contributed by atoms with Crippen LogP contribution in [-0.2, 0) is 12.6 Å². The number of hydrogen-bond donors (Lipinski definition) is 2. The molecule has 1 unspecified atom stereocenters. The van der Waals surface area contributed by atoms with Crippen molar-refractivity contribution in [3.63, 3.8) is 0 Å². The van der Waals surface area contributed by atoms with Crippen molar-refractivity contribution in [2.24, 2.45) is 0 Å². The van der Waals surface area contributed by atoms with E-state index in [2.05, 4.69) is 15.4 Å². The van der Waals surface area contributed by atoms with E-state index in [0.29, 0.717) is 17.0 Å².